The van der Waals surface area contributed by atoms with Crippen LogP contribution in [0.3, 0.4) is 0 Å². The molecule has 0 radical (unpaired) electrons. The fraction of sp³-hybridized carbons (Fsp3) is 0. The van der Waals surface area contributed by atoms with E-state index < -0.39 is 0 Å². The molecule has 0 aliphatic carbocycles. The minimum atomic E-state index is -0.387. The number of aldehydes is 1. The Morgan fingerprint density at radius 3 is 2.35 bits per heavy atom. The molecule has 2 aromatic carbocycles. The van der Waals surface area contributed by atoms with Gasteiger partial charge in [0.1, 0.15) is 6.29 Å². The molecule has 1 heterocycles. The Balaban J connectivity index is 1.91. The molecule has 3 rings (SSSR count). The van der Waals surface area contributed by atoms with E-state index in [0.29, 0.717) is 21.2 Å². The summed E-state index contributed by atoms with van der Waals surface area (Å²) in [6, 6.07) is 13.3. The van der Waals surface area contributed by atoms with Crippen LogP contribution in [0.1, 0.15) is 15.9 Å². The van der Waals surface area contributed by atoms with Crippen molar-refractivity contribution >= 4 is 52.6 Å². The molecule has 0 unspecified atom stereocenters. The highest BCUT2D eigenvalue weighted by Gasteiger charge is 2.36. The van der Waals surface area contributed by atoms with Gasteiger partial charge in [0.2, 0.25) is 0 Å². The Morgan fingerprint density at radius 2 is 1.70 bits per heavy atom. The van der Waals surface area contributed by atoms with Crippen LogP contribution in [0.2, 0.25) is 5.02 Å². The first-order chi connectivity index (χ1) is 11.1. The molecule has 0 bridgehead atoms. The highest BCUT2D eigenvalue weighted by atomic mass is 35.5. The molecular formula is C17H10ClNO3S. The first kappa shape index (κ1) is 15.5. The van der Waals surface area contributed by atoms with E-state index in [9.17, 15) is 14.4 Å². The van der Waals surface area contributed by atoms with Gasteiger partial charge in [-0.15, -0.1) is 0 Å². The van der Waals surface area contributed by atoms with Gasteiger partial charge in [-0.2, -0.15) is 0 Å². The van der Waals surface area contributed by atoms with Crippen molar-refractivity contribution in [2.75, 3.05) is 4.90 Å². The molecule has 114 valence electrons. The van der Waals surface area contributed by atoms with Crippen LogP contribution >= 0.6 is 23.4 Å². The van der Waals surface area contributed by atoms with Gasteiger partial charge in [0, 0.05) is 10.6 Å². The van der Waals surface area contributed by atoms with Crippen molar-refractivity contribution in [1.29, 1.82) is 0 Å². The standard InChI is InChI=1S/C17H10ClNO3S/c18-13-2-1-3-14(9-13)19-16(21)15(23-17(19)22)8-11-4-6-12(10-20)7-5-11/h1-10H. The van der Waals surface area contributed by atoms with Crippen LogP contribution < -0.4 is 4.90 Å². The van der Waals surface area contributed by atoms with Crippen molar-refractivity contribution in [1.82, 2.24) is 0 Å². The lowest BCUT2D eigenvalue weighted by Crippen LogP contribution is -2.27. The molecule has 0 saturated carbocycles. The molecule has 0 N–H and O–H groups in total. The van der Waals surface area contributed by atoms with Crippen LogP contribution in [0, 0.1) is 0 Å². The van der Waals surface area contributed by atoms with Gasteiger partial charge in [0.05, 0.1) is 10.6 Å². The molecule has 0 spiro atoms. The minimum Gasteiger partial charge on any atom is -0.298 e. The zero-order chi connectivity index (χ0) is 16.4. The first-order valence-corrected chi connectivity index (χ1v) is 7.87. The van der Waals surface area contributed by atoms with Crippen molar-refractivity contribution in [2.24, 2.45) is 0 Å². The van der Waals surface area contributed by atoms with Crippen LogP contribution in [-0.4, -0.2) is 17.4 Å². The van der Waals surface area contributed by atoms with Gasteiger partial charge in [-0.05, 0) is 41.6 Å². The summed E-state index contributed by atoms with van der Waals surface area (Å²) >= 11 is 6.79. The molecule has 1 aliphatic rings. The number of carbonyl (C=O) groups excluding carboxylic acids is 3. The predicted molar refractivity (Wildman–Crippen MR) is 91.7 cm³/mol. The lowest BCUT2D eigenvalue weighted by Gasteiger charge is -2.12. The number of carbonyl (C=O) groups is 3. The number of rotatable bonds is 3. The molecule has 2 amide bonds. The third-order valence-corrected chi connectivity index (χ3v) is 4.34. The summed E-state index contributed by atoms with van der Waals surface area (Å²) in [5, 5.41) is 0.0861. The molecule has 1 aliphatic heterocycles. The lowest BCUT2D eigenvalue weighted by molar-refractivity contribution is -0.113. The van der Waals surface area contributed by atoms with Crippen molar-refractivity contribution in [2.45, 2.75) is 0 Å². The van der Waals surface area contributed by atoms with E-state index in [1.165, 1.54) is 0 Å². The molecule has 4 nitrogen and oxygen atoms in total. The van der Waals surface area contributed by atoms with E-state index in [-0.39, 0.29) is 11.1 Å². The van der Waals surface area contributed by atoms with Crippen molar-refractivity contribution in [3.05, 3.63) is 69.6 Å². The van der Waals surface area contributed by atoms with Gasteiger partial charge in [-0.1, -0.05) is 41.9 Å². The highest BCUT2D eigenvalue weighted by Crippen LogP contribution is 2.36. The molecule has 23 heavy (non-hydrogen) atoms. The van der Waals surface area contributed by atoms with Crippen LogP contribution in [-0.2, 0) is 4.79 Å². The summed E-state index contributed by atoms with van der Waals surface area (Å²) in [7, 11) is 0. The fourth-order valence-corrected chi connectivity index (χ4v) is 3.15. The molecule has 1 saturated heterocycles. The topological polar surface area (TPSA) is 54.5 Å². The van der Waals surface area contributed by atoms with Crippen molar-refractivity contribution in [3.63, 3.8) is 0 Å². The zero-order valence-corrected chi connectivity index (χ0v) is 13.3. The third kappa shape index (κ3) is 3.21. The molecule has 0 atom stereocenters. The summed E-state index contributed by atoms with van der Waals surface area (Å²) in [5.41, 5.74) is 1.74. The average Bonchev–Trinajstić information content (AvgIpc) is 2.82. The number of anilines is 1. The Hall–Kier alpha value is -2.37. The number of benzene rings is 2. The quantitative estimate of drug-likeness (QED) is 0.612. The molecule has 0 aromatic heterocycles. The number of thioether (sulfide) groups is 1. The maximum Gasteiger partial charge on any atom is 0.298 e. The van der Waals surface area contributed by atoms with E-state index in [0.717, 1.165) is 28.5 Å². The predicted octanol–water partition coefficient (Wildman–Crippen LogP) is 4.39. The lowest BCUT2D eigenvalue weighted by atomic mass is 10.1. The minimum absolute atomic E-state index is 0.328. The number of imide groups is 1. The summed E-state index contributed by atoms with van der Waals surface area (Å²) < 4.78 is 0. The Bertz CT molecular complexity index is 830. The zero-order valence-electron chi connectivity index (χ0n) is 11.7. The monoisotopic (exact) mass is 343 g/mol. The Morgan fingerprint density at radius 1 is 1.00 bits per heavy atom. The highest BCUT2D eigenvalue weighted by molar-refractivity contribution is 8.19. The van der Waals surface area contributed by atoms with E-state index in [1.54, 1.807) is 54.6 Å². The van der Waals surface area contributed by atoms with Crippen molar-refractivity contribution in [3.8, 4) is 0 Å². The normalized spacial score (nSPS) is 16.2. The Labute approximate surface area is 141 Å². The van der Waals surface area contributed by atoms with E-state index in [4.69, 9.17) is 11.6 Å². The molecular weight excluding hydrogens is 334 g/mol. The second kappa shape index (κ2) is 6.40. The third-order valence-electron chi connectivity index (χ3n) is 3.23. The van der Waals surface area contributed by atoms with Gasteiger partial charge < -0.3 is 0 Å². The molecule has 6 heteroatoms. The number of halogens is 1. The van der Waals surface area contributed by atoms with Gasteiger partial charge in [-0.25, -0.2) is 4.90 Å². The van der Waals surface area contributed by atoms with Crippen molar-refractivity contribution < 1.29 is 14.4 Å². The smallest absolute Gasteiger partial charge is 0.298 e. The number of hydrogen-bond acceptors (Lipinski definition) is 4. The fourth-order valence-electron chi connectivity index (χ4n) is 2.13. The number of nitrogens with zero attached hydrogens (tertiary/aromatic N) is 1. The SMILES string of the molecule is O=Cc1ccc(C=C2SC(=O)N(c3cccc(Cl)c3)C2=O)cc1. The van der Waals surface area contributed by atoms with Gasteiger partial charge in [0.15, 0.2) is 0 Å². The van der Waals surface area contributed by atoms with Crippen LogP contribution in [0.15, 0.2) is 53.4 Å². The van der Waals surface area contributed by atoms with Crippen LogP contribution in [0.25, 0.3) is 6.08 Å². The summed E-state index contributed by atoms with van der Waals surface area (Å²) in [6.45, 7) is 0. The van der Waals surface area contributed by atoms with E-state index >= 15 is 0 Å². The largest absolute Gasteiger partial charge is 0.298 e. The summed E-state index contributed by atoms with van der Waals surface area (Å²) in [5.74, 6) is -0.387. The van der Waals surface area contributed by atoms with E-state index in [2.05, 4.69) is 0 Å². The first-order valence-electron chi connectivity index (χ1n) is 6.67. The van der Waals surface area contributed by atoms with Gasteiger partial charge in [0.25, 0.3) is 11.1 Å². The maximum atomic E-state index is 12.5. The number of amides is 2. The summed E-state index contributed by atoms with van der Waals surface area (Å²) in [6.07, 6.45) is 2.38. The Kier molecular flexibility index (Phi) is 4.32. The molecule has 2 aromatic rings. The summed E-state index contributed by atoms with van der Waals surface area (Å²) in [4.78, 5) is 36.7. The molecule has 1 fully saturated rings. The average molecular weight is 344 g/mol. The number of hydrogen-bond donors (Lipinski definition) is 0. The second-order valence-electron chi connectivity index (χ2n) is 4.78. The van der Waals surface area contributed by atoms with Crippen LogP contribution in [0.4, 0.5) is 10.5 Å². The maximum absolute atomic E-state index is 12.5. The van der Waals surface area contributed by atoms with E-state index in [1.807, 2.05) is 0 Å². The van der Waals surface area contributed by atoms with Crippen LogP contribution in [0.5, 0.6) is 0 Å². The second-order valence-corrected chi connectivity index (χ2v) is 6.21. The van der Waals surface area contributed by atoms with Gasteiger partial charge in [-0.3, -0.25) is 14.4 Å². The van der Waals surface area contributed by atoms with Gasteiger partial charge >= 0.3 is 0 Å².